The Balaban J connectivity index is 1.78. The van der Waals surface area contributed by atoms with E-state index in [1.807, 2.05) is 37.3 Å². The number of hydrogen-bond donors (Lipinski definition) is 3. The van der Waals surface area contributed by atoms with Crippen molar-refractivity contribution in [2.45, 2.75) is 32.3 Å². The third-order valence-corrected chi connectivity index (χ3v) is 4.05. The minimum atomic E-state index is -1.11. The van der Waals surface area contributed by atoms with Gasteiger partial charge in [-0.05, 0) is 56.5 Å². The summed E-state index contributed by atoms with van der Waals surface area (Å²) in [6.07, 6.45) is 1.15. The van der Waals surface area contributed by atoms with Crippen LogP contribution in [0, 0.1) is 0 Å². The lowest BCUT2D eigenvalue weighted by molar-refractivity contribution is -0.136. The van der Waals surface area contributed by atoms with Crippen molar-refractivity contribution in [2.75, 3.05) is 18.5 Å². The molecule has 144 valence electrons. The molecule has 6 heteroatoms. The zero-order valence-corrected chi connectivity index (χ0v) is 15.7. The Morgan fingerprint density at radius 2 is 1.70 bits per heavy atom. The number of amides is 2. The monoisotopic (exact) mass is 370 g/mol. The molecule has 1 unspecified atom stereocenters. The number of anilines is 1. The zero-order valence-electron chi connectivity index (χ0n) is 15.7. The molecule has 0 radical (unpaired) electrons. The van der Waals surface area contributed by atoms with Crippen LogP contribution in [-0.4, -0.2) is 35.7 Å². The molecular weight excluding hydrogens is 344 g/mol. The third kappa shape index (κ3) is 7.11. The predicted octanol–water partition coefficient (Wildman–Crippen LogP) is 2.52. The Kier molecular flexibility index (Phi) is 7.37. The van der Waals surface area contributed by atoms with Crippen molar-refractivity contribution in [2.24, 2.45) is 0 Å². The minimum absolute atomic E-state index is 0.00460. The highest BCUT2D eigenvalue weighted by molar-refractivity contribution is 6.39. The zero-order chi connectivity index (χ0) is 19.7. The number of hydrogen-bond acceptors (Lipinski definition) is 4. The maximum Gasteiger partial charge on any atom is 0.313 e. The molecule has 0 aromatic heterocycles. The van der Waals surface area contributed by atoms with Crippen molar-refractivity contribution in [1.82, 2.24) is 5.32 Å². The second-order valence-corrected chi connectivity index (χ2v) is 6.58. The van der Waals surface area contributed by atoms with Crippen LogP contribution in [0.25, 0.3) is 0 Å². The van der Waals surface area contributed by atoms with Gasteiger partial charge in [0.1, 0.15) is 5.75 Å². The first-order chi connectivity index (χ1) is 12.9. The van der Waals surface area contributed by atoms with Gasteiger partial charge < -0.3 is 20.5 Å². The molecule has 0 aliphatic heterocycles. The third-order valence-electron chi connectivity index (χ3n) is 4.05. The Morgan fingerprint density at radius 3 is 2.33 bits per heavy atom. The molecule has 1 atom stereocenters. The highest BCUT2D eigenvalue weighted by atomic mass is 16.5. The van der Waals surface area contributed by atoms with E-state index >= 15 is 0 Å². The van der Waals surface area contributed by atoms with Crippen LogP contribution in [0.4, 0.5) is 5.69 Å². The van der Waals surface area contributed by atoms with Crippen LogP contribution in [0.2, 0.25) is 0 Å². The van der Waals surface area contributed by atoms with Crippen molar-refractivity contribution in [3.05, 3.63) is 60.2 Å². The van der Waals surface area contributed by atoms with E-state index < -0.39 is 17.4 Å². The molecular formula is C21H26N2O4. The summed E-state index contributed by atoms with van der Waals surface area (Å²) in [5, 5.41) is 15.4. The first kappa shape index (κ1) is 20.5. The van der Waals surface area contributed by atoms with Crippen molar-refractivity contribution < 1.29 is 19.4 Å². The second kappa shape index (κ2) is 9.73. The van der Waals surface area contributed by atoms with E-state index in [4.69, 9.17) is 4.74 Å². The van der Waals surface area contributed by atoms with Crippen LogP contribution in [0.5, 0.6) is 5.75 Å². The maximum absolute atomic E-state index is 12.0. The fraction of sp³-hybridized carbons (Fsp3) is 0.333. The van der Waals surface area contributed by atoms with Crippen molar-refractivity contribution in [1.29, 1.82) is 0 Å². The molecule has 3 N–H and O–H groups in total. The summed E-state index contributed by atoms with van der Waals surface area (Å²) in [7, 11) is 0. The number of aliphatic hydroxyl groups is 1. The van der Waals surface area contributed by atoms with E-state index in [0.717, 1.165) is 5.56 Å². The van der Waals surface area contributed by atoms with E-state index in [-0.39, 0.29) is 6.54 Å². The lowest BCUT2D eigenvalue weighted by atomic mass is 9.97. The second-order valence-electron chi connectivity index (χ2n) is 6.58. The first-order valence-electron chi connectivity index (χ1n) is 8.98. The van der Waals surface area contributed by atoms with Gasteiger partial charge in [-0.2, -0.15) is 0 Å². The molecule has 0 spiro atoms. The molecule has 2 aromatic rings. The molecule has 0 saturated carbocycles. The van der Waals surface area contributed by atoms with E-state index in [1.165, 1.54) is 0 Å². The van der Waals surface area contributed by atoms with Gasteiger partial charge in [-0.15, -0.1) is 0 Å². The van der Waals surface area contributed by atoms with E-state index in [9.17, 15) is 14.7 Å². The summed E-state index contributed by atoms with van der Waals surface area (Å²) in [6, 6.07) is 16.5. The van der Waals surface area contributed by atoms with E-state index in [0.29, 0.717) is 30.9 Å². The molecule has 0 fully saturated rings. The quantitative estimate of drug-likeness (QED) is 0.623. The fourth-order valence-corrected chi connectivity index (χ4v) is 2.49. The summed E-state index contributed by atoms with van der Waals surface area (Å²) in [6.45, 7) is 4.07. The van der Waals surface area contributed by atoms with Gasteiger partial charge in [-0.1, -0.05) is 30.3 Å². The molecule has 0 aliphatic carbocycles. The molecule has 2 aromatic carbocycles. The molecule has 0 heterocycles. The van der Waals surface area contributed by atoms with Gasteiger partial charge in [0.05, 0.1) is 12.2 Å². The number of carbonyl (C=O) groups excluding carboxylic acids is 2. The molecule has 6 nitrogen and oxygen atoms in total. The summed E-state index contributed by atoms with van der Waals surface area (Å²) in [5.41, 5.74) is 0.497. The van der Waals surface area contributed by atoms with Gasteiger partial charge >= 0.3 is 11.8 Å². The van der Waals surface area contributed by atoms with Crippen LogP contribution in [-0.2, 0) is 16.0 Å². The minimum Gasteiger partial charge on any atom is -0.494 e. The fourth-order valence-electron chi connectivity index (χ4n) is 2.49. The van der Waals surface area contributed by atoms with Crippen molar-refractivity contribution in [3.8, 4) is 5.75 Å². The lowest BCUT2D eigenvalue weighted by Crippen LogP contribution is -2.44. The normalized spacial score (nSPS) is 12.7. The summed E-state index contributed by atoms with van der Waals surface area (Å²) in [4.78, 5) is 24.0. The van der Waals surface area contributed by atoms with Gasteiger partial charge in [0.25, 0.3) is 0 Å². The molecule has 2 amide bonds. The number of benzene rings is 2. The lowest BCUT2D eigenvalue weighted by Gasteiger charge is -2.23. The van der Waals surface area contributed by atoms with Crippen LogP contribution in [0.15, 0.2) is 54.6 Å². The van der Waals surface area contributed by atoms with E-state index in [1.54, 1.807) is 31.2 Å². The SMILES string of the molecule is CCOc1ccc(NC(=O)C(=O)NCC(C)(O)CCc2ccccc2)cc1. The topological polar surface area (TPSA) is 87.7 Å². The van der Waals surface area contributed by atoms with Crippen LogP contribution in [0.1, 0.15) is 25.8 Å². The van der Waals surface area contributed by atoms with E-state index in [2.05, 4.69) is 10.6 Å². The Labute approximate surface area is 159 Å². The Morgan fingerprint density at radius 1 is 1.04 bits per heavy atom. The Bertz CT molecular complexity index is 743. The van der Waals surface area contributed by atoms with Gasteiger partial charge in [-0.25, -0.2) is 0 Å². The van der Waals surface area contributed by atoms with Crippen LogP contribution >= 0.6 is 0 Å². The van der Waals surface area contributed by atoms with Gasteiger partial charge in [-0.3, -0.25) is 9.59 Å². The average molecular weight is 370 g/mol. The smallest absolute Gasteiger partial charge is 0.313 e. The number of carbonyl (C=O) groups is 2. The van der Waals surface area contributed by atoms with Gasteiger partial charge in [0.15, 0.2) is 0 Å². The number of aryl methyl sites for hydroxylation is 1. The summed E-state index contributed by atoms with van der Waals surface area (Å²) in [5.74, 6) is -0.878. The van der Waals surface area contributed by atoms with Crippen molar-refractivity contribution >= 4 is 17.5 Å². The predicted molar refractivity (Wildman–Crippen MR) is 105 cm³/mol. The van der Waals surface area contributed by atoms with Crippen LogP contribution < -0.4 is 15.4 Å². The molecule has 0 aliphatic rings. The Hall–Kier alpha value is -2.86. The molecule has 2 rings (SSSR count). The van der Waals surface area contributed by atoms with Gasteiger partial charge in [0, 0.05) is 12.2 Å². The number of nitrogens with one attached hydrogen (secondary N) is 2. The molecule has 0 bridgehead atoms. The number of rotatable bonds is 8. The summed E-state index contributed by atoms with van der Waals surface area (Å²) < 4.78 is 5.32. The maximum atomic E-state index is 12.0. The highest BCUT2D eigenvalue weighted by Gasteiger charge is 2.23. The average Bonchev–Trinajstić information content (AvgIpc) is 2.67. The van der Waals surface area contributed by atoms with Gasteiger partial charge in [0.2, 0.25) is 0 Å². The summed E-state index contributed by atoms with van der Waals surface area (Å²) >= 11 is 0. The largest absolute Gasteiger partial charge is 0.494 e. The van der Waals surface area contributed by atoms with Crippen molar-refractivity contribution in [3.63, 3.8) is 0 Å². The number of ether oxygens (including phenoxy) is 1. The standard InChI is InChI=1S/C21H26N2O4/c1-3-27-18-11-9-17(10-12-18)23-20(25)19(24)22-15-21(2,26)14-13-16-7-5-4-6-8-16/h4-12,26H,3,13-15H2,1-2H3,(H,22,24)(H,23,25). The highest BCUT2D eigenvalue weighted by Crippen LogP contribution is 2.16. The van der Waals surface area contributed by atoms with Crippen LogP contribution in [0.3, 0.4) is 0 Å². The first-order valence-corrected chi connectivity index (χ1v) is 8.98. The molecule has 27 heavy (non-hydrogen) atoms. The molecule has 0 saturated heterocycles.